The first-order valence-corrected chi connectivity index (χ1v) is 7.03. The fraction of sp³-hybridized carbons (Fsp3) is 0.235. The summed E-state index contributed by atoms with van der Waals surface area (Å²) in [6.07, 6.45) is 3.12. The van der Waals surface area contributed by atoms with E-state index in [1.54, 1.807) is 0 Å². The zero-order valence-electron chi connectivity index (χ0n) is 11.9. The molecule has 3 nitrogen and oxygen atoms in total. The van der Waals surface area contributed by atoms with E-state index in [2.05, 4.69) is 59.0 Å². The minimum Gasteiger partial charge on any atom is -0.379 e. The summed E-state index contributed by atoms with van der Waals surface area (Å²) in [5.41, 5.74) is 5.81. The molecular weight excluding hydrogens is 246 g/mol. The molecule has 0 aliphatic heterocycles. The summed E-state index contributed by atoms with van der Waals surface area (Å²) in [6.45, 7) is 5.02. The van der Waals surface area contributed by atoms with E-state index in [-0.39, 0.29) is 0 Å². The minimum absolute atomic E-state index is 0.782. The fourth-order valence-electron chi connectivity index (χ4n) is 2.46. The van der Waals surface area contributed by atoms with Crippen LogP contribution in [0.5, 0.6) is 0 Å². The first-order chi connectivity index (χ1) is 9.78. The van der Waals surface area contributed by atoms with Gasteiger partial charge < -0.3 is 9.72 Å². The molecule has 0 atom stereocenters. The van der Waals surface area contributed by atoms with Crippen LogP contribution in [0.1, 0.15) is 23.9 Å². The van der Waals surface area contributed by atoms with Gasteiger partial charge in [-0.05, 0) is 43.2 Å². The van der Waals surface area contributed by atoms with Crippen molar-refractivity contribution in [3.8, 4) is 0 Å². The number of benzene rings is 1. The van der Waals surface area contributed by atoms with Crippen molar-refractivity contribution in [2.24, 2.45) is 0 Å². The van der Waals surface area contributed by atoms with Crippen LogP contribution < -0.4 is 5.32 Å². The van der Waals surface area contributed by atoms with Crippen LogP contribution in [0.25, 0.3) is 5.65 Å². The highest BCUT2D eigenvalue weighted by molar-refractivity contribution is 5.48. The van der Waals surface area contributed by atoms with Crippen LogP contribution in [0.4, 0.5) is 5.69 Å². The Labute approximate surface area is 119 Å². The van der Waals surface area contributed by atoms with E-state index in [0.717, 1.165) is 30.0 Å². The largest absolute Gasteiger partial charge is 0.379 e. The first-order valence-electron chi connectivity index (χ1n) is 7.03. The molecule has 0 aliphatic carbocycles. The number of rotatable bonds is 4. The van der Waals surface area contributed by atoms with Gasteiger partial charge in [0.05, 0.1) is 17.9 Å². The Morgan fingerprint density at radius 3 is 2.90 bits per heavy atom. The van der Waals surface area contributed by atoms with Crippen molar-refractivity contribution in [1.29, 1.82) is 0 Å². The summed E-state index contributed by atoms with van der Waals surface area (Å²) >= 11 is 0. The Morgan fingerprint density at radius 1 is 1.15 bits per heavy atom. The second-order valence-corrected chi connectivity index (χ2v) is 4.98. The van der Waals surface area contributed by atoms with Gasteiger partial charge in [-0.15, -0.1) is 0 Å². The van der Waals surface area contributed by atoms with Crippen LogP contribution in [0.2, 0.25) is 0 Å². The maximum Gasteiger partial charge on any atom is 0.137 e. The molecule has 0 spiro atoms. The molecule has 3 heteroatoms. The van der Waals surface area contributed by atoms with Crippen LogP contribution in [-0.2, 0) is 13.0 Å². The highest BCUT2D eigenvalue weighted by atomic mass is 15.0. The Morgan fingerprint density at radius 2 is 2.05 bits per heavy atom. The molecule has 0 radical (unpaired) electrons. The zero-order chi connectivity index (χ0) is 13.9. The lowest BCUT2D eigenvalue weighted by Crippen LogP contribution is -2.04. The average Bonchev–Trinajstić information content (AvgIpc) is 2.81. The van der Waals surface area contributed by atoms with Crippen molar-refractivity contribution in [2.75, 3.05) is 5.32 Å². The van der Waals surface area contributed by atoms with Gasteiger partial charge in [0.2, 0.25) is 0 Å². The number of imidazole rings is 1. The molecule has 102 valence electrons. The minimum atomic E-state index is 0.782. The molecule has 2 heterocycles. The lowest BCUT2D eigenvalue weighted by atomic mass is 10.1. The highest BCUT2D eigenvalue weighted by Gasteiger charge is 2.07. The normalized spacial score (nSPS) is 10.9. The molecule has 0 amide bonds. The SMILES string of the molecule is CCc1cccc(NCc2c(C)nc3ccccn23)c1. The van der Waals surface area contributed by atoms with Gasteiger partial charge in [0.15, 0.2) is 0 Å². The molecule has 0 bridgehead atoms. The van der Waals surface area contributed by atoms with Crippen molar-refractivity contribution in [1.82, 2.24) is 9.38 Å². The van der Waals surface area contributed by atoms with Gasteiger partial charge in [-0.2, -0.15) is 0 Å². The van der Waals surface area contributed by atoms with Crippen molar-refractivity contribution in [2.45, 2.75) is 26.8 Å². The van der Waals surface area contributed by atoms with Crippen molar-refractivity contribution in [3.63, 3.8) is 0 Å². The maximum absolute atomic E-state index is 4.58. The summed E-state index contributed by atoms with van der Waals surface area (Å²) in [4.78, 5) is 4.58. The summed E-state index contributed by atoms with van der Waals surface area (Å²) < 4.78 is 2.14. The number of hydrogen-bond donors (Lipinski definition) is 1. The number of fused-ring (bicyclic) bond motifs is 1. The molecule has 0 saturated heterocycles. The van der Waals surface area contributed by atoms with Crippen LogP contribution >= 0.6 is 0 Å². The average molecular weight is 265 g/mol. The van der Waals surface area contributed by atoms with Crippen LogP contribution in [-0.4, -0.2) is 9.38 Å². The summed E-state index contributed by atoms with van der Waals surface area (Å²) in [5, 5.41) is 3.49. The second-order valence-electron chi connectivity index (χ2n) is 4.98. The fourth-order valence-corrected chi connectivity index (χ4v) is 2.46. The number of nitrogens with zero attached hydrogens (tertiary/aromatic N) is 2. The lowest BCUT2D eigenvalue weighted by molar-refractivity contribution is 0.985. The van der Waals surface area contributed by atoms with Gasteiger partial charge in [0.25, 0.3) is 0 Å². The number of pyridine rings is 1. The zero-order valence-corrected chi connectivity index (χ0v) is 11.9. The van der Waals surface area contributed by atoms with Crippen molar-refractivity contribution in [3.05, 3.63) is 65.6 Å². The number of hydrogen-bond acceptors (Lipinski definition) is 2. The van der Waals surface area contributed by atoms with Crippen molar-refractivity contribution >= 4 is 11.3 Å². The number of aromatic nitrogens is 2. The Bertz CT molecular complexity index is 728. The van der Waals surface area contributed by atoms with Gasteiger partial charge in [-0.1, -0.05) is 25.1 Å². The number of nitrogens with one attached hydrogen (secondary N) is 1. The van der Waals surface area contributed by atoms with E-state index in [4.69, 9.17) is 0 Å². The van der Waals surface area contributed by atoms with Gasteiger partial charge in [0, 0.05) is 11.9 Å². The summed E-state index contributed by atoms with van der Waals surface area (Å²) in [5.74, 6) is 0. The summed E-state index contributed by atoms with van der Waals surface area (Å²) in [7, 11) is 0. The molecule has 1 aromatic carbocycles. The molecule has 1 N–H and O–H groups in total. The molecule has 0 aliphatic rings. The third-order valence-electron chi connectivity index (χ3n) is 3.62. The van der Waals surface area contributed by atoms with E-state index >= 15 is 0 Å². The Kier molecular flexibility index (Phi) is 3.42. The molecule has 0 unspecified atom stereocenters. The molecule has 20 heavy (non-hydrogen) atoms. The van der Waals surface area contributed by atoms with Crippen LogP contribution in [0.15, 0.2) is 48.7 Å². The third kappa shape index (κ3) is 2.39. The standard InChI is InChI=1S/C17H19N3/c1-3-14-7-6-8-15(11-14)18-12-16-13(2)19-17-9-4-5-10-20(16)17/h4-11,18H,3,12H2,1-2H3. The van der Waals surface area contributed by atoms with Crippen molar-refractivity contribution < 1.29 is 0 Å². The van der Waals surface area contributed by atoms with E-state index in [1.807, 2.05) is 18.2 Å². The monoisotopic (exact) mass is 265 g/mol. The van der Waals surface area contributed by atoms with E-state index in [9.17, 15) is 0 Å². The van der Waals surface area contributed by atoms with E-state index in [1.165, 1.54) is 11.3 Å². The van der Waals surface area contributed by atoms with Gasteiger partial charge in [-0.3, -0.25) is 0 Å². The number of anilines is 1. The quantitative estimate of drug-likeness (QED) is 0.777. The Hall–Kier alpha value is -2.29. The van der Waals surface area contributed by atoms with Crippen LogP contribution in [0, 0.1) is 6.92 Å². The first kappa shape index (κ1) is 12.7. The smallest absolute Gasteiger partial charge is 0.137 e. The molecule has 0 fully saturated rings. The molecular formula is C17H19N3. The maximum atomic E-state index is 4.58. The van der Waals surface area contributed by atoms with Crippen LogP contribution in [0.3, 0.4) is 0 Å². The highest BCUT2D eigenvalue weighted by Crippen LogP contribution is 2.16. The van der Waals surface area contributed by atoms with Gasteiger partial charge >= 0.3 is 0 Å². The van der Waals surface area contributed by atoms with E-state index in [0.29, 0.717) is 0 Å². The third-order valence-corrected chi connectivity index (χ3v) is 3.62. The van der Waals surface area contributed by atoms with Gasteiger partial charge in [0.1, 0.15) is 5.65 Å². The second kappa shape index (κ2) is 5.37. The number of aryl methyl sites for hydroxylation is 2. The summed E-state index contributed by atoms with van der Waals surface area (Å²) in [6, 6.07) is 14.7. The van der Waals surface area contributed by atoms with E-state index < -0.39 is 0 Å². The Balaban J connectivity index is 1.84. The predicted molar refractivity (Wildman–Crippen MR) is 83.1 cm³/mol. The molecule has 2 aromatic heterocycles. The predicted octanol–water partition coefficient (Wildman–Crippen LogP) is 3.82. The lowest BCUT2D eigenvalue weighted by Gasteiger charge is -2.08. The van der Waals surface area contributed by atoms with Gasteiger partial charge in [-0.25, -0.2) is 4.98 Å². The molecule has 3 aromatic rings. The topological polar surface area (TPSA) is 29.3 Å². The molecule has 3 rings (SSSR count). The molecule has 0 saturated carbocycles.